The Morgan fingerprint density at radius 2 is 1.52 bits per heavy atom. The van der Waals surface area contributed by atoms with E-state index in [0.717, 1.165) is 36.5 Å². The SMILES string of the molecule is CC[C@H]1CC[C@H](C2CCC(CCC=C(F)C#N)CC2)CC1. The van der Waals surface area contributed by atoms with Crippen LogP contribution in [0.2, 0.25) is 0 Å². The third kappa shape index (κ3) is 5.13. The van der Waals surface area contributed by atoms with Crippen molar-refractivity contribution in [2.24, 2.45) is 23.7 Å². The molecule has 2 rings (SSSR count). The average molecular weight is 291 g/mol. The van der Waals surface area contributed by atoms with Gasteiger partial charge in [-0.1, -0.05) is 39.0 Å². The Bertz CT molecular complexity index is 366. The Morgan fingerprint density at radius 3 is 2.00 bits per heavy atom. The lowest BCUT2D eigenvalue weighted by Gasteiger charge is -2.37. The van der Waals surface area contributed by atoms with E-state index in [2.05, 4.69) is 6.92 Å². The smallest absolute Gasteiger partial charge is 0.195 e. The zero-order valence-electron chi connectivity index (χ0n) is 13.5. The summed E-state index contributed by atoms with van der Waals surface area (Å²) in [5.74, 6) is 3.10. The predicted molar refractivity (Wildman–Crippen MR) is 85.2 cm³/mol. The van der Waals surface area contributed by atoms with Crippen molar-refractivity contribution in [1.82, 2.24) is 0 Å². The Balaban J connectivity index is 1.66. The molecule has 2 heteroatoms. The van der Waals surface area contributed by atoms with Crippen molar-refractivity contribution in [3.63, 3.8) is 0 Å². The van der Waals surface area contributed by atoms with Crippen molar-refractivity contribution in [3.05, 3.63) is 11.9 Å². The molecule has 0 aromatic carbocycles. The Morgan fingerprint density at radius 1 is 1.00 bits per heavy atom. The van der Waals surface area contributed by atoms with Crippen LogP contribution in [0.5, 0.6) is 0 Å². The molecule has 0 atom stereocenters. The molecule has 2 saturated carbocycles. The maximum atomic E-state index is 12.8. The molecule has 0 spiro atoms. The van der Waals surface area contributed by atoms with Gasteiger partial charge in [-0.2, -0.15) is 9.65 Å². The van der Waals surface area contributed by atoms with Crippen LogP contribution in [0.4, 0.5) is 4.39 Å². The molecule has 0 bridgehead atoms. The van der Waals surface area contributed by atoms with Crippen molar-refractivity contribution < 1.29 is 4.39 Å². The van der Waals surface area contributed by atoms with E-state index in [-0.39, 0.29) is 0 Å². The lowest BCUT2D eigenvalue weighted by Crippen LogP contribution is -2.25. The summed E-state index contributed by atoms with van der Waals surface area (Å²) < 4.78 is 12.8. The first-order valence-electron chi connectivity index (χ1n) is 8.98. The highest BCUT2D eigenvalue weighted by Crippen LogP contribution is 2.42. The van der Waals surface area contributed by atoms with Crippen LogP contribution in [0.25, 0.3) is 0 Å². The zero-order chi connectivity index (χ0) is 15.1. The summed E-state index contributed by atoms with van der Waals surface area (Å²) in [4.78, 5) is 0. The van der Waals surface area contributed by atoms with Gasteiger partial charge in [-0.3, -0.25) is 0 Å². The minimum atomic E-state index is -0.614. The summed E-state index contributed by atoms with van der Waals surface area (Å²) in [6.45, 7) is 2.33. The highest BCUT2D eigenvalue weighted by Gasteiger charge is 2.30. The van der Waals surface area contributed by atoms with Crippen molar-refractivity contribution in [1.29, 1.82) is 5.26 Å². The van der Waals surface area contributed by atoms with E-state index < -0.39 is 5.83 Å². The van der Waals surface area contributed by atoms with E-state index in [1.807, 2.05) is 0 Å². The van der Waals surface area contributed by atoms with Gasteiger partial charge in [0.2, 0.25) is 0 Å². The molecule has 0 heterocycles. The quantitative estimate of drug-likeness (QED) is 0.556. The summed E-state index contributed by atoms with van der Waals surface area (Å²) in [6.07, 6.45) is 15.9. The van der Waals surface area contributed by atoms with E-state index in [1.54, 1.807) is 6.07 Å². The number of hydrogen-bond donors (Lipinski definition) is 0. The minimum Gasteiger partial charge on any atom is -0.195 e. The number of rotatable bonds is 5. The second-order valence-corrected chi connectivity index (χ2v) is 7.21. The normalized spacial score (nSPS) is 34.4. The van der Waals surface area contributed by atoms with Crippen LogP contribution in [0.3, 0.4) is 0 Å². The van der Waals surface area contributed by atoms with Crippen LogP contribution in [-0.4, -0.2) is 0 Å². The van der Waals surface area contributed by atoms with E-state index in [1.165, 1.54) is 63.9 Å². The molecule has 21 heavy (non-hydrogen) atoms. The molecule has 0 unspecified atom stereocenters. The minimum absolute atomic E-state index is 0.614. The van der Waals surface area contributed by atoms with Crippen LogP contribution >= 0.6 is 0 Å². The lowest BCUT2D eigenvalue weighted by atomic mass is 9.68. The number of halogens is 1. The predicted octanol–water partition coefficient (Wildman–Crippen LogP) is 6.17. The van der Waals surface area contributed by atoms with Crippen LogP contribution in [0.1, 0.15) is 77.6 Å². The van der Waals surface area contributed by atoms with Crippen LogP contribution in [0.15, 0.2) is 11.9 Å². The third-order valence-corrected chi connectivity index (χ3v) is 6.03. The van der Waals surface area contributed by atoms with Gasteiger partial charge in [-0.05, 0) is 68.3 Å². The van der Waals surface area contributed by atoms with E-state index in [9.17, 15) is 4.39 Å². The third-order valence-electron chi connectivity index (χ3n) is 6.03. The van der Waals surface area contributed by atoms with Crippen molar-refractivity contribution in [2.45, 2.75) is 77.6 Å². The second kappa shape index (κ2) is 8.57. The molecular weight excluding hydrogens is 261 g/mol. The van der Waals surface area contributed by atoms with Crippen LogP contribution < -0.4 is 0 Å². The molecule has 0 N–H and O–H groups in total. The van der Waals surface area contributed by atoms with Crippen molar-refractivity contribution in [2.75, 3.05) is 0 Å². The zero-order valence-corrected chi connectivity index (χ0v) is 13.5. The summed E-state index contributed by atoms with van der Waals surface area (Å²) in [5.41, 5.74) is 0. The fraction of sp³-hybridized carbons (Fsp3) is 0.842. The first-order chi connectivity index (χ1) is 10.2. The van der Waals surface area contributed by atoms with Gasteiger partial charge in [-0.25, -0.2) is 0 Å². The molecule has 0 aromatic heterocycles. The summed E-state index contributed by atoms with van der Waals surface area (Å²) in [5, 5.41) is 8.39. The van der Waals surface area contributed by atoms with E-state index in [4.69, 9.17) is 5.26 Å². The molecule has 2 fully saturated rings. The van der Waals surface area contributed by atoms with Crippen molar-refractivity contribution >= 4 is 0 Å². The second-order valence-electron chi connectivity index (χ2n) is 7.21. The number of nitriles is 1. The standard InChI is InChI=1S/C19H30FN/c1-2-15-6-10-17(11-7-15)18-12-8-16(9-13-18)4-3-5-19(20)14-21/h5,15-18H,2-4,6-13H2,1H3/t15-,16?,17-,18?. The van der Waals surface area contributed by atoms with Crippen LogP contribution in [-0.2, 0) is 0 Å². The fourth-order valence-electron chi connectivity index (χ4n) is 4.51. The van der Waals surface area contributed by atoms with Crippen molar-refractivity contribution in [3.8, 4) is 6.07 Å². The number of nitrogens with zero attached hydrogens (tertiary/aromatic N) is 1. The van der Waals surface area contributed by atoms with Gasteiger partial charge in [-0.15, -0.1) is 0 Å². The van der Waals surface area contributed by atoms with Gasteiger partial charge in [0.25, 0.3) is 0 Å². The van der Waals surface area contributed by atoms with Gasteiger partial charge < -0.3 is 0 Å². The molecule has 0 aliphatic heterocycles. The molecule has 0 radical (unpaired) electrons. The molecule has 1 nitrogen and oxygen atoms in total. The molecule has 2 aliphatic rings. The monoisotopic (exact) mass is 291 g/mol. The molecular formula is C19H30FN. The average Bonchev–Trinajstić information content (AvgIpc) is 2.55. The van der Waals surface area contributed by atoms with Gasteiger partial charge in [0.15, 0.2) is 5.83 Å². The Labute approximate surface area is 129 Å². The topological polar surface area (TPSA) is 23.8 Å². The molecule has 0 amide bonds. The Kier molecular flexibility index (Phi) is 6.74. The highest BCUT2D eigenvalue weighted by molar-refractivity contribution is 5.11. The van der Waals surface area contributed by atoms with Gasteiger partial charge >= 0.3 is 0 Å². The molecule has 118 valence electrons. The molecule has 2 aliphatic carbocycles. The Hall–Kier alpha value is -0.840. The summed E-state index contributed by atoms with van der Waals surface area (Å²) in [7, 11) is 0. The van der Waals surface area contributed by atoms with Crippen LogP contribution in [0, 0.1) is 35.0 Å². The van der Waals surface area contributed by atoms with Gasteiger partial charge in [0.1, 0.15) is 6.07 Å². The number of hydrogen-bond acceptors (Lipinski definition) is 1. The first-order valence-corrected chi connectivity index (χ1v) is 8.98. The maximum absolute atomic E-state index is 12.8. The number of allylic oxidation sites excluding steroid dienone is 2. The van der Waals surface area contributed by atoms with Gasteiger partial charge in [0.05, 0.1) is 0 Å². The lowest BCUT2D eigenvalue weighted by molar-refractivity contribution is 0.143. The largest absolute Gasteiger partial charge is 0.196 e. The summed E-state index contributed by atoms with van der Waals surface area (Å²) in [6, 6.07) is 1.56. The highest BCUT2D eigenvalue weighted by atomic mass is 19.1. The molecule has 0 saturated heterocycles. The first kappa shape index (κ1) is 16.5. The van der Waals surface area contributed by atoms with E-state index in [0.29, 0.717) is 0 Å². The fourth-order valence-corrected chi connectivity index (χ4v) is 4.51. The van der Waals surface area contributed by atoms with Gasteiger partial charge in [0, 0.05) is 0 Å². The summed E-state index contributed by atoms with van der Waals surface area (Å²) >= 11 is 0. The maximum Gasteiger partial charge on any atom is 0.196 e. The molecule has 0 aromatic rings. The van der Waals surface area contributed by atoms with E-state index >= 15 is 0 Å².